The lowest BCUT2D eigenvalue weighted by Crippen LogP contribution is -2.50. The smallest absolute Gasteiger partial charge is 0.316 e. The molecule has 1 spiro atoms. The molecule has 1 aromatic carbocycles. The van der Waals surface area contributed by atoms with Crippen LogP contribution in [-0.2, 0) is 17.8 Å². The van der Waals surface area contributed by atoms with E-state index in [9.17, 15) is 4.79 Å². The number of hydrogen-bond acceptors (Lipinski definition) is 6. The quantitative estimate of drug-likeness (QED) is 0.732. The van der Waals surface area contributed by atoms with Gasteiger partial charge in [0.25, 0.3) is 0 Å². The van der Waals surface area contributed by atoms with Crippen LogP contribution in [0.15, 0.2) is 36.7 Å². The van der Waals surface area contributed by atoms with Crippen molar-refractivity contribution in [3.05, 3.63) is 47.8 Å². The Bertz CT molecular complexity index is 894. The molecule has 0 saturated carbocycles. The molecule has 32 heavy (non-hydrogen) atoms. The van der Waals surface area contributed by atoms with Gasteiger partial charge in [-0.3, -0.25) is 9.69 Å². The normalized spacial score (nSPS) is 20.1. The van der Waals surface area contributed by atoms with Crippen LogP contribution in [0.3, 0.4) is 0 Å². The highest BCUT2D eigenvalue weighted by atomic mass is 16.5. The van der Waals surface area contributed by atoms with Crippen LogP contribution < -0.4 is 9.47 Å². The first-order valence-corrected chi connectivity index (χ1v) is 11.6. The summed E-state index contributed by atoms with van der Waals surface area (Å²) in [5.74, 6) is 1.24. The van der Waals surface area contributed by atoms with E-state index in [2.05, 4.69) is 27.0 Å². The van der Waals surface area contributed by atoms with E-state index in [0.29, 0.717) is 19.2 Å². The van der Waals surface area contributed by atoms with Crippen LogP contribution >= 0.6 is 0 Å². The first-order chi connectivity index (χ1) is 15.6. The van der Waals surface area contributed by atoms with Gasteiger partial charge < -0.3 is 14.4 Å². The molecule has 0 radical (unpaired) electrons. The molecule has 7 heteroatoms. The average molecular weight is 439 g/mol. The van der Waals surface area contributed by atoms with Gasteiger partial charge in [-0.25, -0.2) is 9.97 Å². The largest absolute Gasteiger partial charge is 0.491 e. The Balaban J connectivity index is 1.40. The first kappa shape index (κ1) is 22.5. The van der Waals surface area contributed by atoms with Gasteiger partial charge in [0.05, 0.1) is 19.1 Å². The molecule has 0 unspecified atom stereocenters. The summed E-state index contributed by atoms with van der Waals surface area (Å²) < 4.78 is 11.1. The number of hydrogen-bond donors (Lipinski definition) is 0. The fourth-order valence-electron chi connectivity index (χ4n) is 4.93. The Morgan fingerprint density at radius 1 is 1.06 bits per heavy atom. The maximum Gasteiger partial charge on any atom is 0.316 e. The molecule has 2 aliphatic rings. The predicted octanol–water partition coefficient (Wildman–Crippen LogP) is 3.33. The number of fused-ring (bicyclic) bond motifs is 1. The highest BCUT2D eigenvalue weighted by molar-refractivity contribution is 5.82. The van der Waals surface area contributed by atoms with E-state index in [1.807, 2.05) is 36.5 Å². The number of likely N-dealkylation sites (N-methyl/N-ethyl adjacent to an activating group) is 1. The van der Waals surface area contributed by atoms with Gasteiger partial charge in [-0.1, -0.05) is 24.6 Å². The molecule has 0 bridgehead atoms. The molecule has 7 nitrogen and oxygen atoms in total. The number of carbonyl (C=O) groups is 1. The Labute approximate surface area is 190 Å². The molecule has 0 N–H and O–H groups in total. The van der Waals surface area contributed by atoms with Crippen molar-refractivity contribution in [1.82, 2.24) is 19.8 Å². The van der Waals surface area contributed by atoms with Crippen LogP contribution in [0.4, 0.5) is 0 Å². The molecule has 2 aromatic rings. The second kappa shape index (κ2) is 10.3. The Hall–Kier alpha value is -2.67. The SMILES string of the molecule is COc1ncc(CN2CCC3(CCCCc4ccccc4OCCN(C)C3=O)CC2)cn1. The number of likely N-dealkylation sites (tertiary alicyclic amines) is 1. The Morgan fingerprint density at radius 3 is 2.56 bits per heavy atom. The summed E-state index contributed by atoms with van der Waals surface area (Å²) in [7, 11) is 3.49. The lowest BCUT2D eigenvalue weighted by atomic mass is 9.73. The van der Waals surface area contributed by atoms with Crippen molar-refractivity contribution in [3.63, 3.8) is 0 Å². The zero-order valence-electron chi connectivity index (χ0n) is 19.3. The van der Waals surface area contributed by atoms with Crippen LogP contribution in [0.1, 0.15) is 43.2 Å². The lowest BCUT2D eigenvalue weighted by molar-refractivity contribution is -0.145. The Morgan fingerprint density at radius 2 is 1.81 bits per heavy atom. The number of ether oxygens (including phenoxy) is 2. The second-order valence-electron chi connectivity index (χ2n) is 9.02. The van der Waals surface area contributed by atoms with Gasteiger partial charge in [-0.15, -0.1) is 0 Å². The van der Waals surface area contributed by atoms with E-state index in [0.717, 1.165) is 69.5 Å². The second-order valence-corrected chi connectivity index (χ2v) is 9.02. The predicted molar refractivity (Wildman–Crippen MR) is 123 cm³/mol. The van der Waals surface area contributed by atoms with Crippen LogP contribution in [0.2, 0.25) is 0 Å². The average Bonchev–Trinajstić information content (AvgIpc) is 2.83. The number of benzene rings is 1. The number of nitrogens with zero attached hydrogens (tertiary/aromatic N) is 4. The zero-order valence-corrected chi connectivity index (χ0v) is 19.3. The number of para-hydroxylation sites is 1. The Kier molecular flexibility index (Phi) is 7.25. The van der Waals surface area contributed by atoms with Crippen molar-refractivity contribution in [2.75, 3.05) is 40.4 Å². The number of carbonyl (C=O) groups excluding carboxylic acids is 1. The third-order valence-corrected chi connectivity index (χ3v) is 6.89. The van der Waals surface area contributed by atoms with Gasteiger partial charge in [0.15, 0.2) is 0 Å². The third kappa shape index (κ3) is 5.21. The minimum atomic E-state index is -0.264. The van der Waals surface area contributed by atoms with Gasteiger partial charge in [0, 0.05) is 31.5 Å². The zero-order chi connectivity index (χ0) is 22.4. The van der Waals surface area contributed by atoms with E-state index in [1.165, 1.54) is 5.56 Å². The molecule has 3 heterocycles. The topological polar surface area (TPSA) is 67.8 Å². The monoisotopic (exact) mass is 438 g/mol. The van der Waals surface area contributed by atoms with Gasteiger partial charge in [0.2, 0.25) is 5.91 Å². The van der Waals surface area contributed by atoms with Crippen LogP contribution in [0.5, 0.6) is 11.8 Å². The number of aryl methyl sites for hydroxylation is 1. The number of piperidine rings is 1. The minimum Gasteiger partial charge on any atom is -0.491 e. The van der Waals surface area contributed by atoms with Crippen LogP contribution in [0.25, 0.3) is 0 Å². The summed E-state index contributed by atoms with van der Waals surface area (Å²) >= 11 is 0. The molecule has 1 fully saturated rings. The van der Waals surface area contributed by atoms with Crippen molar-refractivity contribution in [3.8, 4) is 11.8 Å². The van der Waals surface area contributed by atoms with E-state index < -0.39 is 0 Å². The molecule has 1 aromatic heterocycles. The van der Waals surface area contributed by atoms with Crippen molar-refractivity contribution in [2.24, 2.45) is 5.41 Å². The minimum absolute atomic E-state index is 0.264. The van der Waals surface area contributed by atoms with E-state index in [4.69, 9.17) is 9.47 Å². The lowest BCUT2D eigenvalue weighted by Gasteiger charge is -2.43. The van der Waals surface area contributed by atoms with E-state index in [-0.39, 0.29) is 11.3 Å². The van der Waals surface area contributed by atoms with Crippen LogP contribution in [0, 0.1) is 5.41 Å². The number of rotatable bonds is 3. The fourth-order valence-corrected chi connectivity index (χ4v) is 4.93. The molecule has 1 amide bonds. The van der Waals surface area contributed by atoms with Crippen molar-refractivity contribution in [1.29, 1.82) is 0 Å². The fraction of sp³-hybridized carbons (Fsp3) is 0.560. The molecule has 2 aliphatic heterocycles. The number of methoxy groups -OCH3 is 1. The van der Waals surface area contributed by atoms with Gasteiger partial charge in [-0.05, 0) is 56.8 Å². The number of amides is 1. The van der Waals surface area contributed by atoms with Crippen molar-refractivity contribution in [2.45, 2.75) is 45.1 Å². The molecule has 1 saturated heterocycles. The van der Waals surface area contributed by atoms with Crippen molar-refractivity contribution < 1.29 is 14.3 Å². The first-order valence-electron chi connectivity index (χ1n) is 11.6. The van der Waals surface area contributed by atoms with Gasteiger partial charge in [0.1, 0.15) is 12.4 Å². The highest BCUT2D eigenvalue weighted by Crippen LogP contribution is 2.39. The van der Waals surface area contributed by atoms with Gasteiger partial charge in [-0.2, -0.15) is 0 Å². The summed E-state index contributed by atoms with van der Waals surface area (Å²) in [4.78, 5) is 26.2. The molecular weight excluding hydrogens is 404 g/mol. The summed E-state index contributed by atoms with van der Waals surface area (Å²) in [6.45, 7) is 3.76. The summed E-state index contributed by atoms with van der Waals surface area (Å²) in [5.41, 5.74) is 2.08. The molecular formula is C25H34N4O3. The van der Waals surface area contributed by atoms with Crippen molar-refractivity contribution >= 4 is 5.91 Å². The number of aromatic nitrogens is 2. The summed E-state index contributed by atoms with van der Waals surface area (Å²) in [6, 6.07) is 8.68. The summed E-state index contributed by atoms with van der Waals surface area (Å²) in [5, 5.41) is 0. The maximum absolute atomic E-state index is 13.5. The molecule has 4 rings (SSSR count). The molecule has 0 atom stereocenters. The summed E-state index contributed by atoms with van der Waals surface area (Å²) in [6.07, 6.45) is 9.52. The third-order valence-electron chi connectivity index (χ3n) is 6.89. The maximum atomic E-state index is 13.5. The van der Waals surface area contributed by atoms with Crippen LogP contribution in [-0.4, -0.2) is 66.1 Å². The standard InChI is InChI=1S/C25H34N4O3/c1-28-15-16-32-22-9-4-3-7-21(22)8-5-6-10-25(23(28)30)11-13-29(14-12-25)19-20-17-26-24(31-2)27-18-20/h3-4,7,9,17-18H,5-6,8,10-16,19H2,1-2H3. The van der Waals surface area contributed by atoms with E-state index in [1.54, 1.807) is 7.11 Å². The molecule has 0 aliphatic carbocycles. The van der Waals surface area contributed by atoms with Gasteiger partial charge >= 0.3 is 6.01 Å². The van der Waals surface area contributed by atoms with E-state index >= 15 is 0 Å². The highest BCUT2D eigenvalue weighted by Gasteiger charge is 2.42. The molecule has 172 valence electrons.